The molecular formula is C9H21NO2. The second-order valence-electron chi connectivity index (χ2n) is 2.92. The Bertz CT molecular complexity index is 94.5. The molecule has 0 amide bonds. The highest BCUT2D eigenvalue weighted by Gasteiger charge is 2.05. The van der Waals surface area contributed by atoms with Crippen molar-refractivity contribution >= 4 is 0 Å². The van der Waals surface area contributed by atoms with Crippen LogP contribution in [0, 0.1) is 0 Å². The van der Waals surface area contributed by atoms with E-state index >= 15 is 0 Å². The lowest BCUT2D eigenvalue weighted by molar-refractivity contribution is 0.0524. The molecule has 74 valence electrons. The van der Waals surface area contributed by atoms with Gasteiger partial charge < -0.3 is 14.7 Å². The summed E-state index contributed by atoms with van der Waals surface area (Å²) in [5.41, 5.74) is 0. The average molecular weight is 175 g/mol. The molecule has 0 fully saturated rings. The zero-order chi connectivity index (χ0) is 9.40. The third kappa shape index (κ3) is 5.52. The monoisotopic (exact) mass is 175 g/mol. The van der Waals surface area contributed by atoms with Crippen LogP contribution in [-0.4, -0.2) is 49.5 Å². The first-order chi connectivity index (χ1) is 5.74. The van der Waals surface area contributed by atoms with E-state index in [4.69, 9.17) is 4.74 Å². The lowest BCUT2D eigenvalue weighted by atomic mass is 10.2. The second-order valence-corrected chi connectivity index (χ2v) is 2.92. The van der Waals surface area contributed by atoms with Gasteiger partial charge in [-0.2, -0.15) is 0 Å². The van der Waals surface area contributed by atoms with Gasteiger partial charge >= 0.3 is 0 Å². The average Bonchev–Trinajstić information content (AvgIpc) is 2.07. The summed E-state index contributed by atoms with van der Waals surface area (Å²) in [6.45, 7) is 7.77. The first-order valence-electron chi connectivity index (χ1n) is 4.63. The molecule has 1 unspecified atom stereocenters. The maximum absolute atomic E-state index is 9.34. The molecule has 0 aromatic rings. The number of nitrogens with zero attached hydrogens (tertiary/aromatic N) is 1. The van der Waals surface area contributed by atoms with Crippen LogP contribution in [0.2, 0.25) is 0 Å². The van der Waals surface area contributed by atoms with Crippen LogP contribution in [0.4, 0.5) is 0 Å². The maximum Gasteiger partial charge on any atom is 0.0785 e. The summed E-state index contributed by atoms with van der Waals surface area (Å²) in [5, 5.41) is 9.34. The summed E-state index contributed by atoms with van der Waals surface area (Å²) in [5.74, 6) is 0. The number of ether oxygens (including phenoxy) is 1. The van der Waals surface area contributed by atoms with Crippen molar-refractivity contribution in [3.63, 3.8) is 0 Å². The Morgan fingerprint density at radius 3 is 2.33 bits per heavy atom. The molecule has 1 atom stereocenters. The third-order valence-electron chi connectivity index (χ3n) is 2.03. The number of aliphatic hydroxyl groups is 1. The van der Waals surface area contributed by atoms with E-state index in [1.807, 2.05) is 0 Å². The van der Waals surface area contributed by atoms with E-state index in [9.17, 15) is 5.11 Å². The van der Waals surface area contributed by atoms with Crippen molar-refractivity contribution in [1.29, 1.82) is 0 Å². The molecule has 0 rings (SSSR count). The van der Waals surface area contributed by atoms with Gasteiger partial charge in [0.15, 0.2) is 0 Å². The van der Waals surface area contributed by atoms with Crippen LogP contribution in [0.15, 0.2) is 0 Å². The maximum atomic E-state index is 9.34. The van der Waals surface area contributed by atoms with Crippen molar-refractivity contribution in [2.24, 2.45) is 0 Å². The Labute approximate surface area is 75.3 Å². The van der Waals surface area contributed by atoms with Crippen LogP contribution in [0.1, 0.15) is 20.3 Å². The van der Waals surface area contributed by atoms with Gasteiger partial charge in [0.25, 0.3) is 0 Å². The summed E-state index contributed by atoms with van der Waals surface area (Å²) in [7, 11) is 1.61. The highest BCUT2D eigenvalue weighted by molar-refractivity contribution is 4.58. The van der Waals surface area contributed by atoms with Gasteiger partial charge in [-0.3, -0.25) is 0 Å². The molecule has 3 nitrogen and oxygen atoms in total. The smallest absolute Gasteiger partial charge is 0.0785 e. The molecule has 0 radical (unpaired) electrons. The Hall–Kier alpha value is -0.120. The SMILES string of the molecule is CCN(CC)CCC(O)COC. The van der Waals surface area contributed by atoms with Crippen LogP contribution < -0.4 is 0 Å². The molecule has 0 aliphatic rings. The normalized spacial score (nSPS) is 13.8. The minimum absolute atomic E-state index is 0.310. The number of aliphatic hydroxyl groups excluding tert-OH is 1. The van der Waals surface area contributed by atoms with Crippen LogP contribution in [0.25, 0.3) is 0 Å². The Balaban J connectivity index is 3.37. The number of hydrogen-bond acceptors (Lipinski definition) is 3. The van der Waals surface area contributed by atoms with Crippen molar-refractivity contribution in [1.82, 2.24) is 4.90 Å². The molecule has 3 heteroatoms. The Kier molecular flexibility index (Phi) is 7.45. The van der Waals surface area contributed by atoms with Gasteiger partial charge in [0, 0.05) is 13.7 Å². The minimum Gasteiger partial charge on any atom is -0.391 e. The van der Waals surface area contributed by atoms with E-state index in [2.05, 4.69) is 18.7 Å². The van der Waals surface area contributed by atoms with E-state index < -0.39 is 0 Å². The topological polar surface area (TPSA) is 32.7 Å². The highest BCUT2D eigenvalue weighted by atomic mass is 16.5. The van der Waals surface area contributed by atoms with Crippen molar-refractivity contribution in [3.8, 4) is 0 Å². The molecular weight excluding hydrogens is 154 g/mol. The van der Waals surface area contributed by atoms with Crippen molar-refractivity contribution in [3.05, 3.63) is 0 Å². The molecule has 0 aliphatic carbocycles. The zero-order valence-electron chi connectivity index (χ0n) is 8.42. The molecule has 0 spiro atoms. The van der Waals surface area contributed by atoms with Crippen LogP contribution >= 0.6 is 0 Å². The van der Waals surface area contributed by atoms with E-state index in [-0.39, 0.29) is 6.10 Å². The fourth-order valence-corrected chi connectivity index (χ4v) is 1.15. The van der Waals surface area contributed by atoms with Crippen LogP contribution in [0.3, 0.4) is 0 Å². The first-order valence-corrected chi connectivity index (χ1v) is 4.63. The van der Waals surface area contributed by atoms with E-state index in [0.29, 0.717) is 6.61 Å². The number of methoxy groups -OCH3 is 1. The van der Waals surface area contributed by atoms with Gasteiger partial charge in [0.05, 0.1) is 12.7 Å². The number of rotatable bonds is 7. The molecule has 0 heterocycles. The van der Waals surface area contributed by atoms with Crippen molar-refractivity contribution < 1.29 is 9.84 Å². The van der Waals surface area contributed by atoms with E-state index in [0.717, 1.165) is 26.1 Å². The van der Waals surface area contributed by atoms with Gasteiger partial charge in [-0.15, -0.1) is 0 Å². The van der Waals surface area contributed by atoms with Gasteiger partial charge in [0.1, 0.15) is 0 Å². The molecule has 1 N–H and O–H groups in total. The van der Waals surface area contributed by atoms with Crippen molar-refractivity contribution in [2.75, 3.05) is 33.4 Å². The Morgan fingerprint density at radius 1 is 1.33 bits per heavy atom. The molecule has 0 aromatic heterocycles. The standard InChI is InChI=1S/C9H21NO2/c1-4-10(5-2)7-6-9(11)8-12-3/h9,11H,4-8H2,1-3H3. The van der Waals surface area contributed by atoms with Crippen LogP contribution in [-0.2, 0) is 4.74 Å². The Morgan fingerprint density at radius 2 is 1.92 bits per heavy atom. The van der Waals surface area contributed by atoms with E-state index in [1.54, 1.807) is 7.11 Å². The molecule has 12 heavy (non-hydrogen) atoms. The third-order valence-corrected chi connectivity index (χ3v) is 2.03. The van der Waals surface area contributed by atoms with Gasteiger partial charge in [0.2, 0.25) is 0 Å². The zero-order valence-corrected chi connectivity index (χ0v) is 8.42. The predicted octanol–water partition coefficient (Wildman–Crippen LogP) is 0.726. The quantitative estimate of drug-likeness (QED) is 0.619. The summed E-state index contributed by atoms with van der Waals surface area (Å²) in [6, 6.07) is 0. The van der Waals surface area contributed by atoms with Gasteiger partial charge in [-0.05, 0) is 19.5 Å². The van der Waals surface area contributed by atoms with Gasteiger partial charge in [-0.25, -0.2) is 0 Å². The molecule has 0 bridgehead atoms. The highest BCUT2D eigenvalue weighted by Crippen LogP contribution is 1.96. The first kappa shape index (κ1) is 11.9. The molecule has 0 saturated heterocycles. The fraction of sp³-hybridized carbons (Fsp3) is 1.00. The molecule has 0 saturated carbocycles. The predicted molar refractivity (Wildman–Crippen MR) is 50.3 cm³/mol. The summed E-state index contributed by atoms with van der Waals surface area (Å²) >= 11 is 0. The summed E-state index contributed by atoms with van der Waals surface area (Å²) in [4.78, 5) is 2.29. The van der Waals surface area contributed by atoms with Crippen LogP contribution in [0.5, 0.6) is 0 Å². The largest absolute Gasteiger partial charge is 0.391 e. The fourth-order valence-electron chi connectivity index (χ4n) is 1.15. The minimum atomic E-state index is -0.310. The summed E-state index contributed by atoms with van der Waals surface area (Å²) in [6.07, 6.45) is 0.491. The van der Waals surface area contributed by atoms with Gasteiger partial charge in [-0.1, -0.05) is 13.8 Å². The lowest BCUT2D eigenvalue weighted by Crippen LogP contribution is -2.28. The molecule has 0 aromatic carbocycles. The summed E-state index contributed by atoms with van der Waals surface area (Å²) < 4.78 is 4.83. The van der Waals surface area contributed by atoms with E-state index in [1.165, 1.54) is 0 Å². The molecule has 0 aliphatic heterocycles. The second kappa shape index (κ2) is 7.53. The lowest BCUT2D eigenvalue weighted by Gasteiger charge is -2.19. The number of hydrogen-bond donors (Lipinski definition) is 1. The van der Waals surface area contributed by atoms with Crippen molar-refractivity contribution in [2.45, 2.75) is 26.4 Å².